The molecule has 1 amide bonds. The first kappa shape index (κ1) is 18.4. The van der Waals surface area contributed by atoms with Gasteiger partial charge >= 0.3 is 5.97 Å². The van der Waals surface area contributed by atoms with Crippen LogP contribution in [0.15, 0.2) is 24.3 Å². The number of nitrogens with zero attached hydrogens (tertiary/aromatic N) is 1. The first-order chi connectivity index (χ1) is 11.4. The van der Waals surface area contributed by atoms with E-state index >= 15 is 0 Å². The number of carbonyl (C=O) groups excluding carboxylic acids is 2. The molecule has 0 unspecified atom stereocenters. The molecule has 2 rings (SSSR count). The van der Waals surface area contributed by atoms with Crippen molar-refractivity contribution in [3.05, 3.63) is 39.9 Å². The first-order valence-electron chi connectivity index (χ1n) is 7.64. The van der Waals surface area contributed by atoms with Crippen molar-refractivity contribution < 1.29 is 14.3 Å². The zero-order chi connectivity index (χ0) is 17.7. The lowest BCUT2D eigenvalue weighted by Gasteiger charge is -2.12. The second kappa shape index (κ2) is 8.26. The molecule has 0 aliphatic rings. The van der Waals surface area contributed by atoms with Crippen molar-refractivity contribution in [2.75, 3.05) is 6.54 Å². The quantitative estimate of drug-likeness (QED) is 0.788. The number of rotatable bonds is 6. The molecule has 0 bridgehead atoms. The van der Waals surface area contributed by atoms with Crippen molar-refractivity contribution in [1.29, 1.82) is 0 Å². The number of ether oxygens (including phenoxy) is 1. The van der Waals surface area contributed by atoms with Gasteiger partial charge in [-0.2, -0.15) is 0 Å². The monoisotopic (exact) mass is 366 g/mol. The molecule has 0 saturated heterocycles. The summed E-state index contributed by atoms with van der Waals surface area (Å²) in [6, 6.07) is 7.26. The van der Waals surface area contributed by atoms with Crippen LogP contribution in [0.25, 0.3) is 10.6 Å². The lowest BCUT2D eigenvalue weighted by molar-refractivity contribution is -0.129. The molecule has 0 aliphatic heterocycles. The number of thiazole rings is 1. The van der Waals surface area contributed by atoms with Gasteiger partial charge in [-0.3, -0.25) is 4.79 Å². The summed E-state index contributed by atoms with van der Waals surface area (Å²) in [5.74, 6) is -0.847. The third-order valence-electron chi connectivity index (χ3n) is 3.26. The fraction of sp³-hybridized carbons (Fsp3) is 0.353. The standard InChI is InChI=1S/C17H19ClN2O3S/c1-4-8-19-15(21)11(3)23-17(22)14-10(2)20-16(24-14)12-6-5-7-13(18)9-12/h5-7,9,11H,4,8H2,1-3H3,(H,19,21)/t11-/m1/s1. The molecule has 1 aromatic heterocycles. The maximum Gasteiger partial charge on any atom is 0.351 e. The van der Waals surface area contributed by atoms with Gasteiger partial charge in [0.05, 0.1) is 5.69 Å². The van der Waals surface area contributed by atoms with E-state index in [4.69, 9.17) is 16.3 Å². The van der Waals surface area contributed by atoms with Crippen LogP contribution in [0, 0.1) is 6.92 Å². The van der Waals surface area contributed by atoms with Crippen molar-refractivity contribution >= 4 is 34.8 Å². The Morgan fingerprint density at radius 2 is 2.17 bits per heavy atom. The van der Waals surface area contributed by atoms with Crippen molar-refractivity contribution in [2.45, 2.75) is 33.3 Å². The predicted octanol–water partition coefficient (Wildman–Crippen LogP) is 3.84. The fourth-order valence-electron chi connectivity index (χ4n) is 1.99. The molecule has 128 valence electrons. The molecule has 0 spiro atoms. The predicted molar refractivity (Wildman–Crippen MR) is 95.5 cm³/mol. The van der Waals surface area contributed by atoms with Gasteiger partial charge in [-0.05, 0) is 32.4 Å². The molecule has 0 aliphatic carbocycles. The van der Waals surface area contributed by atoms with Gasteiger partial charge in [0, 0.05) is 17.1 Å². The second-order valence-corrected chi connectivity index (χ2v) is 6.72. The molecular formula is C17H19ClN2O3S. The highest BCUT2D eigenvalue weighted by atomic mass is 35.5. The minimum absolute atomic E-state index is 0.303. The van der Waals surface area contributed by atoms with E-state index in [9.17, 15) is 9.59 Å². The summed E-state index contributed by atoms with van der Waals surface area (Å²) in [5, 5.41) is 3.99. The molecule has 1 N–H and O–H groups in total. The summed E-state index contributed by atoms with van der Waals surface area (Å²) < 4.78 is 5.24. The first-order valence-corrected chi connectivity index (χ1v) is 8.84. The number of nitrogens with one attached hydrogen (secondary N) is 1. The molecule has 0 saturated carbocycles. The topological polar surface area (TPSA) is 68.3 Å². The van der Waals surface area contributed by atoms with E-state index in [1.54, 1.807) is 26.0 Å². The average molecular weight is 367 g/mol. The molecule has 0 fully saturated rings. The van der Waals surface area contributed by atoms with E-state index in [1.165, 1.54) is 11.3 Å². The average Bonchev–Trinajstić information content (AvgIpc) is 2.94. The number of hydrogen-bond acceptors (Lipinski definition) is 5. The number of aryl methyl sites for hydroxylation is 1. The number of carbonyl (C=O) groups is 2. The number of esters is 1. The normalized spacial score (nSPS) is 11.8. The van der Waals surface area contributed by atoms with Crippen LogP contribution in [-0.4, -0.2) is 29.5 Å². The highest BCUT2D eigenvalue weighted by Gasteiger charge is 2.22. The van der Waals surface area contributed by atoms with Crippen LogP contribution in [0.3, 0.4) is 0 Å². The Hall–Kier alpha value is -1.92. The highest BCUT2D eigenvalue weighted by molar-refractivity contribution is 7.17. The summed E-state index contributed by atoms with van der Waals surface area (Å²) in [6.45, 7) is 5.80. The van der Waals surface area contributed by atoms with Gasteiger partial charge < -0.3 is 10.1 Å². The minimum Gasteiger partial charge on any atom is -0.448 e. The van der Waals surface area contributed by atoms with Crippen molar-refractivity contribution in [2.24, 2.45) is 0 Å². The highest BCUT2D eigenvalue weighted by Crippen LogP contribution is 2.30. The lowest BCUT2D eigenvalue weighted by Crippen LogP contribution is -2.36. The third kappa shape index (κ3) is 4.55. The van der Waals surface area contributed by atoms with E-state index in [1.807, 2.05) is 19.1 Å². The van der Waals surface area contributed by atoms with Crippen molar-refractivity contribution in [1.82, 2.24) is 10.3 Å². The largest absolute Gasteiger partial charge is 0.448 e. The van der Waals surface area contributed by atoms with Crippen LogP contribution in [0.4, 0.5) is 0 Å². The molecule has 1 atom stereocenters. The molecule has 7 heteroatoms. The van der Waals surface area contributed by atoms with Crippen LogP contribution in [0.1, 0.15) is 35.6 Å². The lowest BCUT2D eigenvalue weighted by atomic mass is 10.2. The fourth-order valence-corrected chi connectivity index (χ4v) is 3.13. The van der Waals surface area contributed by atoms with Crippen LogP contribution in [0.5, 0.6) is 0 Å². The third-order valence-corrected chi connectivity index (χ3v) is 4.68. The molecule has 1 aromatic carbocycles. The maximum absolute atomic E-state index is 12.3. The summed E-state index contributed by atoms with van der Waals surface area (Å²) in [6.07, 6.45) is -0.0243. The summed E-state index contributed by atoms with van der Waals surface area (Å²) >= 11 is 7.21. The number of hydrogen-bond donors (Lipinski definition) is 1. The van der Waals surface area contributed by atoms with Gasteiger partial charge in [-0.15, -0.1) is 11.3 Å². The minimum atomic E-state index is -0.847. The van der Waals surface area contributed by atoms with Gasteiger partial charge in [-0.25, -0.2) is 9.78 Å². The smallest absolute Gasteiger partial charge is 0.351 e. The Bertz CT molecular complexity index is 745. The Kier molecular flexibility index (Phi) is 6.34. The Labute approximate surface area is 150 Å². The molecular weight excluding hydrogens is 348 g/mol. The van der Waals surface area contributed by atoms with E-state index in [0.717, 1.165) is 12.0 Å². The SMILES string of the molecule is CCCNC(=O)[C@@H](C)OC(=O)c1sc(-c2cccc(Cl)c2)nc1C. The van der Waals surface area contributed by atoms with Gasteiger partial charge in [-0.1, -0.05) is 30.7 Å². The van der Waals surface area contributed by atoms with Crippen molar-refractivity contribution in [3.63, 3.8) is 0 Å². The van der Waals surface area contributed by atoms with Crippen LogP contribution in [0.2, 0.25) is 5.02 Å². The molecule has 2 aromatic rings. The Balaban J connectivity index is 2.12. The van der Waals surface area contributed by atoms with E-state index in [2.05, 4.69) is 10.3 Å². The summed E-state index contributed by atoms with van der Waals surface area (Å²) in [7, 11) is 0. The zero-order valence-corrected chi connectivity index (χ0v) is 15.3. The Morgan fingerprint density at radius 1 is 1.42 bits per heavy atom. The molecule has 24 heavy (non-hydrogen) atoms. The Morgan fingerprint density at radius 3 is 2.83 bits per heavy atom. The summed E-state index contributed by atoms with van der Waals surface area (Å²) in [5.41, 5.74) is 1.41. The van der Waals surface area contributed by atoms with Crippen LogP contribution in [-0.2, 0) is 9.53 Å². The van der Waals surface area contributed by atoms with Gasteiger partial charge in [0.15, 0.2) is 6.10 Å². The van der Waals surface area contributed by atoms with Gasteiger partial charge in [0.1, 0.15) is 9.88 Å². The van der Waals surface area contributed by atoms with Crippen LogP contribution >= 0.6 is 22.9 Å². The number of halogens is 1. The zero-order valence-electron chi connectivity index (χ0n) is 13.8. The van der Waals surface area contributed by atoms with Crippen LogP contribution < -0.4 is 5.32 Å². The second-order valence-electron chi connectivity index (χ2n) is 5.28. The molecule has 1 heterocycles. The van der Waals surface area contributed by atoms with Gasteiger partial charge in [0.2, 0.25) is 0 Å². The summed E-state index contributed by atoms with van der Waals surface area (Å²) in [4.78, 5) is 28.9. The van der Waals surface area contributed by atoms with E-state index in [-0.39, 0.29) is 5.91 Å². The number of aromatic nitrogens is 1. The van der Waals surface area contributed by atoms with Gasteiger partial charge in [0.25, 0.3) is 5.91 Å². The number of benzene rings is 1. The molecule has 5 nitrogen and oxygen atoms in total. The number of amides is 1. The van der Waals surface area contributed by atoms with E-state index < -0.39 is 12.1 Å². The maximum atomic E-state index is 12.3. The van der Waals surface area contributed by atoms with Crippen molar-refractivity contribution in [3.8, 4) is 10.6 Å². The molecule has 0 radical (unpaired) electrons. The van der Waals surface area contributed by atoms with E-state index in [0.29, 0.717) is 27.1 Å².